The number of halogens is 2. The molecule has 1 atom stereocenters. The van der Waals surface area contributed by atoms with Crippen molar-refractivity contribution in [3.05, 3.63) is 46.0 Å². The third kappa shape index (κ3) is 2.40. The van der Waals surface area contributed by atoms with Gasteiger partial charge in [0.15, 0.2) is 5.17 Å². The summed E-state index contributed by atoms with van der Waals surface area (Å²) in [6.07, 6.45) is 0.927. The van der Waals surface area contributed by atoms with Gasteiger partial charge in [-0.25, -0.2) is 0 Å². The van der Waals surface area contributed by atoms with Gasteiger partial charge in [-0.05, 0) is 29.5 Å². The Morgan fingerprint density at radius 2 is 2.33 bits per heavy atom. The minimum atomic E-state index is 0.304. The fraction of sp³-hybridized carbons (Fsp3) is 0.308. The average molecular weight is 299 g/mol. The summed E-state index contributed by atoms with van der Waals surface area (Å²) in [4.78, 5) is 6.94. The van der Waals surface area contributed by atoms with E-state index in [0.717, 1.165) is 28.9 Å². The molecule has 3 rings (SSSR count). The Morgan fingerprint density at radius 1 is 1.44 bits per heavy atom. The summed E-state index contributed by atoms with van der Waals surface area (Å²) in [5, 5.41) is 3.95. The first-order valence-electron chi connectivity index (χ1n) is 5.77. The molecule has 2 nitrogen and oxygen atoms in total. The van der Waals surface area contributed by atoms with Gasteiger partial charge < -0.3 is 4.90 Å². The highest BCUT2D eigenvalue weighted by atomic mass is 35.5. The summed E-state index contributed by atoms with van der Waals surface area (Å²) in [5.74, 6) is 0.551. The first-order chi connectivity index (χ1) is 8.76. The number of aliphatic imine (C=N–C) groups is 1. The molecule has 0 amide bonds. The van der Waals surface area contributed by atoms with Crippen LogP contribution in [0, 0.1) is 0 Å². The Bertz CT molecular complexity index is 527. The van der Waals surface area contributed by atoms with Crippen molar-refractivity contribution in [3.8, 4) is 0 Å². The number of benzene rings is 1. The molecule has 0 unspecified atom stereocenters. The van der Waals surface area contributed by atoms with E-state index in [1.165, 1.54) is 5.56 Å². The zero-order chi connectivity index (χ0) is 12.5. The molecule has 2 heterocycles. The van der Waals surface area contributed by atoms with Gasteiger partial charge in [0.25, 0.3) is 0 Å². The van der Waals surface area contributed by atoms with Crippen LogP contribution in [0.25, 0.3) is 0 Å². The zero-order valence-corrected chi connectivity index (χ0v) is 12.0. The van der Waals surface area contributed by atoms with Gasteiger partial charge in [0.1, 0.15) is 0 Å². The molecule has 0 fully saturated rings. The van der Waals surface area contributed by atoms with E-state index in [2.05, 4.69) is 16.4 Å². The summed E-state index contributed by atoms with van der Waals surface area (Å²) < 4.78 is 0. The number of amidine groups is 1. The standard InChI is InChI=1S/C13H12Cl2N2S/c14-6-12-8-18-13-16-11(7-17(12)13)5-9-2-1-3-10(15)4-9/h1-4,8,11H,5-7H2/t11-/m0/s1. The first-order valence-corrected chi connectivity index (χ1v) is 7.57. The molecule has 2 aliphatic rings. The van der Waals surface area contributed by atoms with Crippen molar-refractivity contribution in [1.82, 2.24) is 4.90 Å². The molecule has 0 spiro atoms. The van der Waals surface area contributed by atoms with Crippen LogP contribution in [0.1, 0.15) is 5.56 Å². The van der Waals surface area contributed by atoms with Crippen molar-refractivity contribution < 1.29 is 0 Å². The van der Waals surface area contributed by atoms with Gasteiger partial charge in [-0.2, -0.15) is 0 Å². The lowest BCUT2D eigenvalue weighted by atomic mass is 10.1. The summed E-state index contributed by atoms with van der Waals surface area (Å²) in [6, 6.07) is 8.29. The highest BCUT2D eigenvalue weighted by Crippen LogP contribution is 2.32. The number of thioether (sulfide) groups is 1. The van der Waals surface area contributed by atoms with E-state index in [9.17, 15) is 0 Å². The maximum atomic E-state index is 5.99. The van der Waals surface area contributed by atoms with Crippen LogP contribution in [0.5, 0.6) is 0 Å². The van der Waals surface area contributed by atoms with Gasteiger partial charge in [0.2, 0.25) is 0 Å². The number of fused-ring (bicyclic) bond motifs is 1. The maximum absolute atomic E-state index is 5.99. The van der Waals surface area contributed by atoms with E-state index in [1.54, 1.807) is 11.8 Å². The van der Waals surface area contributed by atoms with Crippen LogP contribution in [0.3, 0.4) is 0 Å². The van der Waals surface area contributed by atoms with Gasteiger partial charge in [0.05, 0.1) is 11.9 Å². The van der Waals surface area contributed by atoms with Crippen LogP contribution < -0.4 is 0 Å². The summed E-state index contributed by atoms with van der Waals surface area (Å²) in [7, 11) is 0. The molecule has 0 aromatic heterocycles. The molecule has 1 aromatic carbocycles. The van der Waals surface area contributed by atoms with Gasteiger partial charge in [-0.1, -0.05) is 35.5 Å². The SMILES string of the molecule is ClCC1=CSC2=N[C@@H](Cc3cccc(Cl)c3)CN12. The number of nitrogens with zero attached hydrogens (tertiary/aromatic N) is 2. The second kappa shape index (κ2) is 5.16. The van der Waals surface area contributed by atoms with Crippen molar-refractivity contribution in [3.63, 3.8) is 0 Å². The molecule has 18 heavy (non-hydrogen) atoms. The molecule has 0 radical (unpaired) electrons. The predicted molar refractivity (Wildman–Crippen MR) is 79.5 cm³/mol. The van der Waals surface area contributed by atoms with Gasteiger partial charge in [0, 0.05) is 17.3 Å². The molecule has 0 N–H and O–H groups in total. The van der Waals surface area contributed by atoms with E-state index in [-0.39, 0.29) is 0 Å². The number of allylic oxidation sites excluding steroid dienone is 1. The molecule has 0 bridgehead atoms. The van der Waals surface area contributed by atoms with Crippen molar-refractivity contribution in [2.45, 2.75) is 12.5 Å². The van der Waals surface area contributed by atoms with E-state index in [1.807, 2.05) is 18.2 Å². The van der Waals surface area contributed by atoms with E-state index in [0.29, 0.717) is 11.9 Å². The highest BCUT2D eigenvalue weighted by Gasteiger charge is 2.31. The third-order valence-electron chi connectivity index (χ3n) is 3.06. The molecule has 5 heteroatoms. The summed E-state index contributed by atoms with van der Waals surface area (Å²) >= 11 is 13.6. The normalized spacial score (nSPS) is 21.9. The Labute approximate surface area is 121 Å². The average Bonchev–Trinajstić information content (AvgIpc) is 2.88. The summed E-state index contributed by atoms with van der Waals surface area (Å²) in [5.41, 5.74) is 2.40. The highest BCUT2D eigenvalue weighted by molar-refractivity contribution is 8.16. The van der Waals surface area contributed by atoms with Crippen molar-refractivity contribution in [1.29, 1.82) is 0 Å². The van der Waals surface area contributed by atoms with Crippen molar-refractivity contribution in [2.24, 2.45) is 4.99 Å². The molecule has 94 valence electrons. The molecular weight excluding hydrogens is 287 g/mol. The smallest absolute Gasteiger partial charge is 0.168 e. The molecule has 0 saturated heterocycles. The molecule has 1 aromatic rings. The largest absolute Gasteiger partial charge is 0.321 e. The Hall–Kier alpha value is -0.640. The van der Waals surface area contributed by atoms with E-state index >= 15 is 0 Å². The second-order valence-corrected chi connectivity index (χ2v) is 5.91. The lowest BCUT2D eigenvalue weighted by Crippen LogP contribution is -2.25. The molecule has 0 aliphatic carbocycles. The van der Waals surface area contributed by atoms with Gasteiger partial charge in [-0.15, -0.1) is 11.6 Å². The third-order valence-corrected chi connectivity index (χ3v) is 4.50. The van der Waals surface area contributed by atoms with E-state index < -0.39 is 0 Å². The minimum absolute atomic E-state index is 0.304. The number of hydrogen-bond donors (Lipinski definition) is 0. The topological polar surface area (TPSA) is 15.6 Å². The lowest BCUT2D eigenvalue weighted by Gasteiger charge is -2.16. The Balaban J connectivity index is 1.69. The van der Waals surface area contributed by atoms with Gasteiger partial charge in [-0.3, -0.25) is 4.99 Å². The second-order valence-electron chi connectivity index (χ2n) is 4.37. The van der Waals surface area contributed by atoms with E-state index in [4.69, 9.17) is 28.2 Å². The predicted octanol–water partition coefficient (Wildman–Crippen LogP) is 3.75. The van der Waals surface area contributed by atoms with Crippen LogP contribution >= 0.6 is 35.0 Å². The number of rotatable bonds is 3. The first kappa shape index (κ1) is 12.4. The Morgan fingerprint density at radius 3 is 3.11 bits per heavy atom. The molecular formula is C13H12Cl2N2S. The van der Waals surface area contributed by atoms with Crippen molar-refractivity contribution >= 4 is 40.1 Å². The number of alkyl halides is 1. The van der Waals surface area contributed by atoms with Crippen LogP contribution in [0.2, 0.25) is 5.02 Å². The lowest BCUT2D eigenvalue weighted by molar-refractivity contribution is 0.511. The molecule has 0 saturated carbocycles. The van der Waals surface area contributed by atoms with Crippen LogP contribution in [-0.4, -0.2) is 28.5 Å². The monoisotopic (exact) mass is 298 g/mol. The van der Waals surface area contributed by atoms with Crippen LogP contribution in [0.4, 0.5) is 0 Å². The fourth-order valence-electron chi connectivity index (χ4n) is 2.22. The summed E-state index contributed by atoms with van der Waals surface area (Å²) in [6.45, 7) is 0.924. The molecule has 2 aliphatic heterocycles. The number of hydrogen-bond acceptors (Lipinski definition) is 3. The fourth-order valence-corrected chi connectivity index (χ4v) is 3.73. The van der Waals surface area contributed by atoms with Gasteiger partial charge >= 0.3 is 0 Å². The van der Waals surface area contributed by atoms with Crippen LogP contribution in [0.15, 0.2) is 40.4 Å². The quantitative estimate of drug-likeness (QED) is 0.790. The maximum Gasteiger partial charge on any atom is 0.168 e. The Kier molecular flexibility index (Phi) is 3.55. The minimum Gasteiger partial charge on any atom is -0.321 e. The zero-order valence-electron chi connectivity index (χ0n) is 9.64. The van der Waals surface area contributed by atoms with Crippen LogP contribution in [-0.2, 0) is 6.42 Å². The van der Waals surface area contributed by atoms with Crippen molar-refractivity contribution in [2.75, 3.05) is 12.4 Å².